The summed E-state index contributed by atoms with van der Waals surface area (Å²) in [6, 6.07) is 1.99. The predicted molar refractivity (Wildman–Crippen MR) is 80.2 cm³/mol. The van der Waals surface area contributed by atoms with E-state index in [4.69, 9.17) is 4.74 Å². The second-order valence-electron chi connectivity index (χ2n) is 6.61. The van der Waals surface area contributed by atoms with Gasteiger partial charge in [-0.05, 0) is 24.9 Å². The third-order valence-corrected chi connectivity index (χ3v) is 4.06. The zero-order valence-corrected chi connectivity index (χ0v) is 13.1. The lowest BCUT2D eigenvalue weighted by molar-refractivity contribution is 0.0909. The van der Waals surface area contributed by atoms with E-state index >= 15 is 0 Å². The molecule has 112 valence electrons. The molecule has 20 heavy (non-hydrogen) atoms. The number of carbonyl (C=O) groups is 1. The molecule has 1 heterocycles. The van der Waals surface area contributed by atoms with Gasteiger partial charge in [0.2, 0.25) is 0 Å². The van der Waals surface area contributed by atoms with Crippen LogP contribution in [0.5, 0.6) is 0 Å². The molecule has 0 unspecified atom stereocenters. The van der Waals surface area contributed by atoms with Crippen LogP contribution in [0.4, 0.5) is 0 Å². The van der Waals surface area contributed by atoms with Crippen LogP contribution in [0.2, 0.25) is 0 Å². The summed E-state index contributed by atoms with van der Waals surface area (Å²) in [5.74, 6) is 0.294. The van der Waals surface area contributed by atoms with Crippen LogP contribution in [-0.2, 0) is 17.7 Å². The van der Waals surface area contributed by atoms with Crippen LogP contribution in [0, 0.1) is 5.41 Å². The van der Waals surface area contributed by atoms with Crippen LogP contribution in [-0.4, -0.2) is 49.1 Å². The molecular weight excluding hydrogens is 252 g/mol. The van der Waals surface area contributed by atoms with Gasteiger partial charge in [0, 0.05) is 50.6 Å². The van der Waals surface area contributed by atoms with E-state index in [1.165, 1.54) is 5.69 Å². The summed E-state index contributed by atoms with van der Waals surface area (Å²) in [7, 11) is 3.83. The van der Waals surface area contributed by atoms with Gasteiger partial charge < -0.3 is 14.2 Å². The Bertz CT molecular complexity index is 477. The van der Waals surface area contributed by atoms with E-state index in [1.807, 2.05) is 6.07 Å². The Morgan fingerprint density at radius 2 is 2.10 bits per heavy atom. The molecule has 0 bridgehead atoms. The standard InChI is InChI=1S/C16H26N2O2/c1-16(2)11-14-13(15(19)12-16)5-6-18(14)8-7-17(3)9-10-20-4/h5-6H,7-12H2,1-4H3. The van der Waals surface area contributed by atoms with Gasteiger partial charge in [-0.2, -0.15) is 0 Å². The number of hydrogen-bond donors (Lipinski definition) is 0. The number of methoxy groups -OCH3 is 1. The summed E-state index contributed by atoms with van der Waals surface area (Å²) in [5, 5.41) is 0. The average molecular weight is 278 g/mol. The molecule has 0 amide bonds. The van der Waals surface area contributed by atoms with E-state index in [-0.39, 0.29) is 5.41 Å². The molecule has 4 heteroatoms. The zero-order chi connectivity index (χ0) is 14.8. The molecule has 0 atom stereocenters. The Labute approximate surface area is 121 Å². The molecule has 1 aliphatic carbocycles. The normalized spacial score (nSPS) is 17.6. The van der Waals surface area contributed by atoms with Gasteiger partial charge in [-0.3, -0.25) is 4.79 Å². The molecule has 0 fully saturated rings. The lowest BCUT2D eigenvalue weighted by Gasteiger charge is -2.30. The van der Waals surface area contributed by atoms with Crippen LogP contribution in [0.1, 0.15) is 36.3 Å². The smallest absolute Gasteiger partial charge is 0.165 e. The van der Waals surface area contributed by atoms with Crippen molar-refractivity contribution < 1.29 is 9.53 Å². The zero-order valence-electron chi connectivity index (χ0n) is 13.1. The van der Waals surface area contributed by atoms with Gasteiger partial charge in [0.15, 0.2) is 5.78 Å². The topological polar surface area (TPSA) is 34.5 Å². The van der Waals surface area contributed by atoms with Crippen molar-refractivity contribution in [3.8, 4) is 0 Å². The summed E-state index contributed by atoms with van der Waals surface area (Å²) in [4.78, 5) is 14.4. The van der Waals surface area contributed by atoms with Gasteiger partial charge >= 0.3 is 0 Å². The van der Waals surface area contributed by atoms with Crippen LogP contribution < -0.4 is 0 Å². The number of fused-ring (bicyclic) bond motifs is 1. The molecule has 0 N–H and O–H groups in total. The van der Waals surface area contributed by atoms with E-state index < -0.39 is 0 Å². The predicted octanol–water partition coefficient (Wildman–Crippen LogP) is 2.22. The molecule has 0 spiro atoms. The number of Topliss-reactive ketones (excluding diaryl/α,β-unsaturated/α-hetero) is 1. The van der Waals surface area contributed by atoms with Gasteiger partial charge in [-0.1, -0.05) is 13.8 Å². The SMILES string of the molecule is COCCN(C)CCn1ccc2c1CC(C)(C)CC2=O. The summed E-state index contributed by atoms with van der Waals surface area (Å²) < 4.78 is 7.34. The molecule has 1 aromatic rings. The number of likely N-dealkylation sites (N-methyl/N-ethyl adjacent to an activating group) is 1. The van der Waals surface area contributed by atoms with Crippen LogP contribution in [0.25, 0.3) is 0 Å². The van der Waals surface area contributed by atoms with E-state index in [9.17, 15) is 4.79 Å². The number of rotatable bonds is 6. The molecule has 2 rings (SSSR count). The van der Waals surface area contributed by atoms with E-state index in [0.29, 0.717) is 12.2 Å². The summed E-state index contributed by atoms with van der Waals surface area (Å²) >= 11 is 0. The van der Waals surface area contributed by atoms with Crippen molar-refractivity contribution in [3.63, 3.8) is 0 Å². The highest BCUT2D eigenvalue weighted by Gasteiger charge is 2.32. The van der Waals surface area contributed by atoms with Gasteiger partial charge in [0.1, 0.15) is 0 Å². The number of nitrogens with zero attached hydrogens (tertiary/aromatic N) is 2. The molecule has 0 radical (unpaired) electrons. The first-order valence-corrected chi connectivity index (χ1v) is 7.31. The second kappa shape index (κ2) is 6.10. The minimum Gasteiger partial charge on any atom is -0.383 e. The fourth-order valence-corrected chi connectivity index (χ4v) is 2.85. The maximum atomic E-state index is 12.2. The van der Waals surface area contributed by atoms with Gasteiger partial charge in [0.25, 0.3) is 0 Å². The molecule has 0 saturated carbocycles. The van der Waals surface area contributed by atoms with Gasteiger partial charge in [0.05, 0.1) is 6.61 Å². The summed E-state index contributed by atoms with van der Waals surface area (Å²) in [6.45, 7) is 7.94. The van der Waals surface area contributed by atoms with E-state index in [2.05, 4.69) is 36.6 Å². The minimum absolute atomic E-state index is 0.0855. The molecule has 1 aliphatic rings. The van der Waals surface area contributed by atoms with Gasteiger partial charge in [-0.15, -0.1) is 0 Å². The monoisotopic (exact) mass is 278 g/mol. The first-order valence-electron chi connectivity index (χ1n) is 7.31. The molecule has 0 saturated heterocycles. The number of carbonyl (C=O) groups excluding carboxylic acids is 1. The van der Waals surface area contributed by atoms with E-state index in [1.54, 1.807) is 7.11 Å². The molecule has 0 aromatic carbocycles. The van der Waals surface area contributed by atoms with Gasteiger partial charge in [-0.25, -0.2) is 0 Å². The first-order chi connectivity index (χ1) is 9.43. The third-order valence-electron chi connectivity index (χ3n) is 4.06. The lowest BCUT2D eigenvalue weighted by Crippen LogP contribution is -2.30. The summed E-state index contributed by atoms with van der Waals surface area (Å²) in [5.41, 5.74) is 2.23. The second-order valence-corrected chi connectivity index (χ2v) is 6.61. The maximum Gasteiger partial charge on any atom is 0.165 e. The Morgan fingerprint density at radius 3 is 2.80 bits per heavy atom. The average Bonchev–Trinajstić information content (AvgIpc) is 2.75. The minimum atomic E-state index is 0.0855. The maximum absolute atomic E-state index is 12.2. The number of ketones is 1. The molecular formula is C16H26N2O2. The van der Waals surface area contributed by atoms with Crippen LogP contribution in [0.15, 0.2) is 12.3 Å². The van der Waals surface area contributed by atoms with Crippen molar-refractivity contribution in [3.05, 3.63) is 23.5 Å². The van der Waals surface area contributed by atoms with E-state index in [0.717, 1.165) is 38.2 Å². The Balaban J connectivity index is 2.02. The Hall–Kier alpha value is -1.13. The fraction of sp³-hybridized carbons (Fsp3) is 0.688. The van der Waals surface area contributed by atoms with Crippen LogP contribution in [0.3, 0.4) is 0 Å². The quantitative estimate of drug-likeness (QED) is 0.800. The molecule has 0 aliphatic heterocycles. The third kappa shape index (κ3) is 3.49. The highest BCUT2D eigenvalue weighted by atomic mass is 16.5. The van der Waals surface area contributed by atoms with Crippen molar-refractivity contribution >= 4 is 5.78 Å². The van der Waals surface area contributed by atoms with Crippen molar-refractivity contribution in [2.24, 2.45) is 5.41 Å². The van der Waals surface area contributed by atoms with Crippen molar-refractivity contribution in [2.75, 3.05) is 33.9 Å². The molecule has 4 nitrogen and oxygen atoms in total. The Kier molecular flexibility index (Phi) is 4.66. The Morgan fingerprint density at radius 1 is 1.35 bits per heavy atom. The lowest BCUT2D eigenvalue weighted by atomic mass is 9.76. The largest absolute Gasteiger partial charge is 0.383 e. The number of aromatic nitrogens is 1. The highest BCUT2D eigenvalue weighted by molar-refractivity contribution is 5.98. The first kappa shape index (κ1) is 15.3. The van der Waals surface area contributed by atoms with Crippen molar-refractivity contribution in [1.29, 1.82) is 0 Å². The van der Waals surface area contributed by atoms with Crippen molar-refractivity contribution in [1.82, 2.24) is 9.47 Å². The molecule has 1 aromatic heterocycles. The van der Waals surface area contributed by atoms with Crippen molar-refractivity contribution in [2.45, 2.75) is 33.2 Å². The van der Waals surface area contributed by atoms with Crippen LogP contribution >= 0.6 is 0 Å². The highest BCUT2D eigenvalue weighted by Crippen LogP contribution is 2.35. The number of ether oxygens (including phenoxy) is 1. The number of hydrogen-bond acceptors (Lipinski definition) is 3. The fourth-order valence-electron chi connectivity index (χ4n) is 2.85. The summed E-state index contributed by atoms with van der Waals surface area (Å²) in [6.07, 6.45) is 3.72.